The number of hydrogen-bond acceptors (Lipinski definition) is 3. The van der Waals surface area contributed by atoms with Crippen LogP contribution in [0.4, 0.5) is 0 Å². The van der Waals surface area contributed by atoms with E-state index in [1.54, 1.807) is 0 Å². The van der Waals surface area contributed by atoms with Crippen molar-refractivity contribution in [3.8, 4) is 0 Å². The van der Waals surface area contributed by atoms with E-state index in [9.17, 15) is 0 Å². The van der Waals surface area contributed by atoms with Crippen LogP contribution in [0.5, 0.6) is 0 Å². The fourth-order valence-electron chi connectivity index (χ4n) is 3.30. The lowest BCUT2D eigenvalue weighted by Gasteiger charge is -2.24. The Morgan fingerprint density at radius 1 is 1.41 bits per heavy atom. The summed E-state index contributed by atoms with van der Waals surface area (Å²) in [5.41, 5.74) is 7.00. The van der Waals surface area contributed by atoms with Gasteiger partial charge in [-0.25, -0.2) is 0 Å². The minimum Gasteiger partial charge on any atom is -0.370 e. The highest BCUT2D eigenvalue weighted by Gasteiger charge is 2.42. The first-order valence-electron chi connectivity index (χ1n) is 6.70. The first kappa shape index (κ1) is 11.2. The van der Waals surface area contributed by atoms with Crippen molar-refractivity contribution in [2.24, 2.45) is 5.73 Å². The standard InChI is InChI=1S/C13H21N3O/c14-9-11-4-8-15-16(11)10-12-3-7-13(17-12)5-1-2-6-13/h4,8,12H,1-3,5-7,9-10,14H2. The van der Waals surface area contributed by atoms with Crippen molar-refractivity contribution in [2.45, 2.75) is 63.3 Å². The van der Waals surface area contributed by atoms with E-state index in [4.69, 9.17) is 10.5 Å². The molecule has 3 rings (SSSR count). The zero-order chi connectivity index (χ0) is 11.7. The van der Waals surface area contributed by atoms with Crippen LogP contribution in [-0.2, 0) is 17.8 Å². The molecule has 4 nitrogen and oxygen atoms in total. The van der Waals surface area contributed by atoms with Crippen LogP contribution in [0.2, 0.25) is 0 Å². The molecule has 0 bridgehead atoms. The third-order valence-corrected chi connectivity index (χ3v) is 4.24. The molecule has 0 radical (unpaired) electrons. The molecule has 1 unspecified atom stereocenters. The molecule has 1 aromatic heterocycles. The quantitative estimate of drug-likeness (QED) is 0.869. The minimum absolute atomic E-state index is 0.223. The van der Waals surface area contributed by atoms with Gasteiger partial charge in [0.25, 0.3) is 0 Å². The molecule has 2 N–H and O–H groups in total. The Morgan fingerprint density at radius 3 is 3.00 bits per heavy atom. The number of nitrogens with zero attached hydrogens (tertiary/aromatic N) is 2. The second kappa shape index (κ2) is 4.42. The van der Waals surface area contributed by atoms with Gasteiger partial charge >= 0.3 is 0 Å². The number of rotatable bonds is 3. The van der Waals surface area contributed by atoms with E-state index in [-0.39, 0.29) is 5.60 Å². The molecule has 4 heteroatoms. The molecule has 1 aromatic rings. The molecule has 1 atom stereocenters. The van der Waals surface area contributed by atoms with E-state index in [0.717, 1.165) is 12.2 Å². The topological polar surface area (TPSA) is 53.1 Å². The summed E-state index contributed by atoms with van der Waals surface area (Å²) < 4.78 is 8.28. The van der Waals surface area contributed by atoms with Crippen molar-refractivity contribution in [3.05, 3.63) is 18.0 Å². The lowest BCUT2D eigenvalue weighted by atomic mass is 9.98. The third kappa shape index (κ3) is 2.11. The molecular weight excluding hydrogens is 214 g/mol. The van der Waals surface area contributed by atoms with Crippen molar-refractivity contribution >= 4 is 0 Å². The Labute approximate surface area is 102 Å². The molecule has 0 amide bonds. The Morgan fingerprint density at radius 2 is 2.24 bits per heavy atom. The van der Waals surface area contributed by atoms with E-state index in [1.807, 2.05) is 16.9 Å². The molecule has 2 aliphatic rings. The largest absolute Gasteiger partial charge is 0.370 e. The molecule has 1 saturated heterocycles. The zero-order valence-corrected chi connectivity index (χ0v) is 10.3. The van der Waals surface area contributed by atoms with Gasteiger partial charge in [0.15, 0.2) is 0 Å². The Hall–Kier alpha value is -0.870. The van der Waals surface area contributed by atoms with Crippen LogP contribution in [0.25, 0.3) is 0 Å². The summed E-state index contributed by atoms with van der Waals surface area (Å²) in [6.07, 6.45) is 9.74. The fraction of sp³-hybridized carbons (Fsp3) is 0.769. The monoisotopic (exact) mass is 235 g/mol. The van der Waals surface area contributed by atoms with Gasteiger partial charge in [-0.2, -0.15) is 5.10 Å². The SMILES string of the molecule is NCc1ccnn1CC1CCC2(CCCC2)O1. The van der Waals surface area contributed by atoms with Gasteiger partial charge in [-0.05, 0) is 31.7 Å². The molecule has 1 saturated carbocycles. The molecule has 2 fully saturated rings. The van der Waals surface area contributed by atoms with Crippen LogP contribution in [0, 0.1) is 0 Å². The summed E-state index contributed by atoms with van der Waals surface area (Å²) in [4.78, 5) is 0. The predicted octanol–water partition coefficient (Wildman–Crippen LogP) is 1.83. The molecule has 17 heavy (non-hydrogen) atoms. The van der Waals surface area contributed by atoms with Gasteiger partial charge in [0.05, 0.1) is 23.9 Å². The van der Waals surface area contributed by atoms with Gasteiger partial charge in [-0.1, -0.05) is 12.8 Å². The lowest BCUT2D eigenvalue weighted by molar-refractivity contribution is -0.0431. The number of hydrogen-bond donors (Lipinski definition) is 1. The summed E-state index contributed by atoms with van der Waals surface area (Å²) >= 11 is 0. The van der Waals surface area contributed by atoms with Gasteiger partial charge in [-0.3, -0.25) is 4.68 Å². The van der Waals surface area contributed by atoms with Gasteiger partial charge in [0, 0.05) is 12.7 Å². The van der Waals surface area contributed by atoms with Crippen LogP contribution in [0.3, 0.4) is 0 Å². The van der Waals surface area contributed by atoms with Crippen LogP contribution in [0.15, 0.2) is 12.3 Å². The van der Waals surface area contributed by atoms with Crippen LogP contribution >= 0.6 is 0 Å². The molecule has 1 aliphatic carbocycles. The molecule has 2 heterocycles. The summed E-state index contributed by atoms with van der Waals surface area (Å²) in [5, 5.41) is 4.32. The molecule has 0 aromatic carbocycles. The summed E-state index contributed by atoms with van der Waals surface area (Å²) in [5.74, 6) is 0. The van der Waals surface area contributed by atoms with Gasteiger partial charge in [0.1, 0.15) is 0 Å². The Kier molecular flexibility index (Phi) is 2.92. The van der Waals surface area contributed by atoms with Crippen LogP contribution in [0.1, 0.15) is 44.2 Å². The normalized spacial score (nSPS) is 27.0. The summed E-state index contributed by atoms with van der Waals surface area (Å²) in [6, 6.07) is 1.99. The number of aromatic nitrogens is 2. The second-order valence-corrected chi connectivity index (χ2v) is 5.38. The Bertz CT molecular complexity index is 382. The maximum Gasteiger partial charge on any atom is 0.0779 e. The van der Waals surface area contributed by atoms with Crippen molar-refractivity contribution in [2.75, 3.05) is 0 Å². The van der Waals surface area contributed by atoms with E-state index in [0.29, 0.717) is 12.6 Å². The zero-order valence-electron chi connectivity index (χ0n) is 10.3. The average molecular weight is 235 g/mol. The maximum atomic E-state index is 6.28. The molecule has 1 aliphatic heterocycles. The second-order valence-electron chi connectivity index (χ2n) is 5.38. The number of ether oxygens (including phenoxy) is 1. The fourth-order valence-corrected chi connectivity index (χ4v) is 3.30. The maximum absolute atomic E-state index is 6.28. The highest BCUT2D eigenvalue weighted by molar-refractivity contribution is 5.00. The lowest BCUT2D eigenvalue weighted by Crippen LogP contribution is -2.27. The van der Waals surface area contributed by atoms with Crippen molar-refractivity contribution in [3.63, 3.8) is 0 Å². The van der Waals surface area contributed by atoms with E-state index < -0.39 is 0 Å². The molecular formula is C13H21N3O. The van der Waals surface area contributed by atoms with E-state index >= 15 is 0 Å². The van der Waals surface area contributed by atoms with Gasteiger partial charge < -0.3 is 10.5 Å². The van der Waals surface area contributed by atoms with Gasteiger partial charge in [0.2, 0.25) is 0 Å². The van der Waals surface area contributed by atoms with E-state index in [2.05, 4.69) is 5.10 Å². The first-order valence-corrected chi connectivity index (χ1v) is 6.70. The summed E-state index contributed by atoms with van der Waals surface area (Å²) in [7, 11) is 0. The molecule has 94 valence electrons. The van der Waals surface area contributed by atoms with E-state index in [1.165, 1.54) is 38.5 Å². The highest BCUT2D eigenvalue weighted by atomic mass is 16.5. The number of nitrogens with two attached hydrogens (primary N) is 1. The highest BCUT2D eigenvalue weighted by Crippen LogP contribution is 2.43. The van der Waals surface area contributed by atoms with Crippen molar-refractivity contribution < 1.29 is 4.74 Å². The van der Waals surface area contributed by atoms with Crippen LogP contribution in [-0.4, -0.2) is 21.5 Å². The van der Waals surface area contributed by atoms with Crippen LogP contribution < -0.4 is 5.73 Å². The predicted molar refractivity (Wildman–Crippen MR) is 65.4 cm³/mol. The smallest absolute Gasteiger partial charge is 0.0779 e. The third-order valence-electron chi connectivity index (χ3n) is 4.24. The Balaban J connectivity index is 1.64. The minimum atomic E-state index is 0.223. The summed E-state index contributed by atoms with van der Waals surface area (Å²) in [6.45, 7) is 1.42. The average Bonchev–Trinajstić information content (AvgIpc) is 3.03. The van der Waals surface area contributed by atoms with Crippen molar-refractivity contribution in [1.29, 1.82) is 0 Å². The first-order chi connectivity index (χ1) is 8.31. The molecule has 1 spiro atoms. The van der Waals surface area contributed by atoms with Crippen molar-refractivity contribution in [1.82, 2.24) is 9.78 Å². The van der Waals surface area contributed by atoms with Gasteiger partial charge in [-0.15, -0.1) is 0 Å².